The number of hydrogen-bond donors (Lipinski definition) is 2. The van der Waals surface area contributed by atoms with Crippen LogP contribution in [0.1, 0.15) is 17.0 Å². The van der Waals surface area contributed by atoms with Gasteiger partial charge in [0.05, 0.1) is 25.2 Å². The fourth-order valence-electron chi connectivity index (χ4n) is 3.85. The topological polar surface area (TPSA) is 110 Å². The summed E-state index contributed by atoms with van der Waals surface area (Å²) in [5.41, 5.74) is 9.06. The number of hydrogen-bond acceptors (Lipinski definition) is 8. The first-order valence-corrected chi connectivity index (χ1v) is 11.0. The number of aromatic amines is 1. The summed E-state index contributed by atoms with van der Waals surface area (Å²) >= 11 is 0. The lowest BCUT2D eigenvalue weighted by atomic mass is 10.1. The molecule has 3 aromatic rings. The average molecular weight is 461 g/mol. The van der Waals surface area contributed by atoms with Crippen LogP contribution in [0.3, 0.4) is 0 Å². The first kappa shape index (κ1) is 23.3. The molecule has 0 spiro atoms. The zero-order valence-corrected chi connectivity index (χ0v) is 19.6. The maximum absolute atomic E-state index is 11.3. The van der Waals surface area contributed by atoms with Crippen molar-refractivity contribution in [3.8, 4) is 23.3 Å². The molecule has 1 aromatic carbocycles. The SMILES string of the molecule is COc1cc(C#Cc2c[nH]c3nc(C(=CC=O)CN4CCN(C)CC4)nc(N)c23)cc(OC)c1. The Morgan fingerprint density at radius 3 is 2.47 bits per heavy atom. The summed E-state index contributed by atoms with van der Waals surface area (Å²) in [5.74, 6) is 8.32. The Bertz CT molecular complexity index is 1260. The van der Waals surface area contributed by atoms with Crippen molar-refractivity contribution in [3.63, 3.8) is 0 Å². The van der Waals surface area contributed by atoms with Crippen LogP contribution in [0.25, 0.3) is 16.6 Å². The molecule has 1 aliphatic rings. The highest BCUT2D eigenvalue weighted by Crippen LogP contribution is 2.25. The van der Waals surface area contributed by atoms with Crippen molar-refractivity contribution in [2.75, 3.05) is 59.7 Å². The Balaban J connectivity index is 1.63. The third-order valence-corrected chi connectivity index (χ3v) is 5.80. The lowest BCUT2D eigenvalue weighted by Gasteiger charge is -2.32. The Hall–Kier alpha value is -3.87. The van der Waals surface area contributed by atoms with Gasteiger partial charge in [-0.15, -0.1) is 0 Å². The summed E-state index contributed by atoms with van der Waals surface area (Å²) in [6.07, 6.45) is 4.04. The summed E-state index contributed by atoms with van der Waals surface area (Å²) in [5, 5.41) is 0.649. The fraction of sp³-hybridized carbons (Fsp3) is 0.320. The summed E-state index contributed by atoms with van der Waals surface area (Å²) < 4.78 is 10.6. The number of nitrogens with two attached hydrogens (primary N) is 1. The van der Waals surface area contributed by atoms with E-state index in [0.29, 0.717) is 46.3 Å². The van der Waals surface area contributed by atoms with E-state index >= 15 is 0 Å². The van der Waals surface area contributed by atoms with E-state index in [2.05, 4.69) is 43.6 Å². The first-order chi connectivity index (χ1) is 16.5. The van der Waals surface area contributed by atoms with Gasteiger partial charge in [-0.05, 0) is 25.3 Å². The van der Waals surface area contributed by atoms with Gasteiger partial charge in [0.15, 0.2) is 5.82 Å². The van der Waals surface area contributed by atoms with E-state index in [9.17, 15) is 4.79 Å². The van der Waals surface area contributed by atoms with Crippen molar-refractivity contribution in [1.29, 1.82) is 0 Å². The zero-order chi connectivity index (χ0) is 24.1. The number of benzene rings is 1. The van der Waals surface area contributed by atoms with E-state index in [-0.39, 0.29) is 0 Å². The molecular weight excluding hydrogens is 432 g/mol. The molecule has 0 aliphatic carbocycles. The summed E-state index contributed by atoms with van der Waals surface area (Å²) in [6, 6.07) is 5.45. The summed E-state index contributed by atoms with van der Waals surface area (Å²) in [7, 11) is 5.30. The molecule has 9 heteroatoms. The second-order valence-electron chi connectivity index (χ2n) is 8.12. The maximum atomic E-state index is 11.3. The molecule has 0 bridgehead atoms. The Morgan fingerprint density at radius 2 is 1.82 bits per heavy atom. The standard InChI is InChI=1S/C25H28N6O3/c1-30-7-9-31(10-8-30)16-19(6-11-32)24-28-23(26)22-18(15-27-25(22)29-24)5-4-17-12-20(33-2)14-21(13-17)34-3/h6,11-15H,7-10,16H2,1-3H3,(H3,26,27,28,29). The maximum Gasteiger partial charge on any atom is 0.161 e. The molecule has 3 heterocycles. The van der Waals surface area contributed by atoms with E-state index in [1.807, 2.05) is 12.1 Å². The first-order valence-electron chi connectivity index (χ1n) is 11.0. The van der Waals surface area contributed by atoms with Crippen molar-refractivity contribution in [1.82, 2.24) is 24.8 Å². The van der Waals surface area contributed by atoms with E-state index in [1.54, 1.807) is 26.5 Å². The van der Waals surface area contributed by atoms with Crippen molar-refractivity contribution in [2.24, 2.45) is 0 Å². The van der Waals surface area contributed by atoms with Crippen LogP contribution in [0.2, 0.25) is 0 Å². The van der Waals surface area contributed by atoms with Crippen LogP contribution in [0.5, 0.6) is 11.5 Å². The molecule has 9 nitrogen and oxygen atoms in total. The van der Waals surface area contributed by atoms with Gasteiger partial charge < -0.3 is 25.1 Å². The second-order valence-corrected chi connectivity index (χ2v) is 8.12. The number of H-pyrrole nitrogens is 1. The third kappa shape index (κ3) is 5.20. The van der Waals surface area contributed by atoms with Crippen LogP contribution in [0.15, 0.2) is 30.5 Å². The number of piperazine rings is 1. The third-order valence-electron chi connectivity index (χ3n) is 5.80. The van der Waals surface area contributed by atoms with Crippen LogP contribution in [0, 0.1) is 11.8 Å². The Kier molecular flexibility index (Phi) is 7.11. The molecule has 0 amide bonds. The largest absolute Gasteiger partial charge is 0.497 e. The number of carbonyl (C=O) groups is 1. The predicted octanol–water partition coefficient (Wildman–Crippen LogP) is 1.79. The minimum absolute atomic E-state index is 0.309. The van der Waals surface area contributed by atoms with E-state index in [1.165, 1.54) is 6.08 Å². The van der Waals surface area contributed by atoms with Crippen LogP contribution < -0.4 is 15.2 Å². The molecule has 0 saturated carbocycles. The van der Waals surface area contributed by atoms with Gasteiger partial charge in [-0.1, -0.05) is 11.8 Å². The molecule has 1 fully saturated rings. The molecule has 34 heavy (non-hydrogen) atoms. The van der Waals surface area contributed by atoms with Gasteiger partial charge in [-0.25, -0.2) is 9.97 Å². The van der Waals surface area contributed by atoms with Crippen molar-refractivity contribution >= 4 is 28.7 Å². The van der Waals surface area contributed by atoms with Crippen molar-refractivity contribution < 1.29 is 14.3 Å². The van der Waals surface area contributed by atoms with Gasteiger partial charge in [0.2, 0.25) is 0 Å². The average Bonchev–Trinajstić information content (AvgIpc) is 3.27. The van der Waals surface area contributed by atoms with Gasteiger partial charge in [0, 0.05) is 56.1 Å². The molecule has 0 unspecified atom stereocenters. The lowest BCUT2D eigenvalue weighted by molar-refractivity contribution is -0.104. The number of carbonyl (C=O) groups excluding carboxylic acids is 1. The minimum Gasteiger partial charge on any atom is -0.497 e. The number of aromatic nitrogens is 3. The van der Waals surface area contributed by atoms with Crippen LogP contribution in [-0.2, 0) is 4.79 Å². The number of anilines is 1. The molecule has 0 atom stereocenters. The quantitative estimate of drug-likeness (QED) is 0.326. The van der Waals surface area contributed by atoms with Gasteiger partial charge >= 0.3 is 0 Å². The normalized spacial score (nSPS) is 15.1. The number of allylic oxidation sites excluding steroid dienone is 1. The molecule has 3 N–H and O–H groups in total. The smallest absolute Gasteiger partial charge is 0.161 e. The molecule has 2 aromatic heterocycles. The molecular formula is C25H28N6O3. The summed E-state index contributed by atoms with van der Waals surface area (Å²) in [4.78, 5) is 28.2. The molecule has 4 rings (SSSR count). The number of aldehydes is 1. The molecule has 176 valence electrons. The van der Waals surface area contributed by atoms with Crippen molar-refractivity contribution in [3.05, 3.63) is 47.4 Å². The lowest BCUT2D eigenvalue weighted by Crippen LogP contribution is -2.44. The predicted molar refractivity (Wildman–Crippen MR) is 132 cm³/mol. The fourth-order valence-corrected chi connectivity index (χ4v) is 3.85. The van der Waals surface area contributed by atoms with Crippen molar-refractivity contribution in [2.45, 2.75) is 0 Å². The van der Waals surface area contributed by atoms with E-state index in [0.717, 1.165) is 43.6 Å². The van der Waals surface area contributed by atoms with E-state index < -0.39 is 0 Å². The highest BCUT2D eigenvalue weighted by atomic mass is 16.5. The second kappa shape index (κ2) is 10.4. The van der Waals surface area contributed by atoms with Gasteiger partial charge in [0.25, 0.3) is 0 Å². The van der Waals surface area contributed by atoms with Crippen LogP contribution in [-0.4, -0.2) is 85.0 Å². The van der Waals surface area contributed by atoms with Gasteiger partial charge in [0.1, 0.15) is 29.3 Å². The van der Waals surface area contributed by atoms with Crippen LogP contribution >= 0.6 is 0 Å². The highest BCUT2D eigenvalue weighted by molar-refractivity contribution is 5.93. The number of nitrogen functional groups attached to an aromatic ring is 1. The number of nitrogens with one attached hydrogen (secondary N) is 1. The monoisotopic (exact) mass is 460 g/mol. The summed E-state index contributed by atoms with van der Waals surface area (Å²) in [6.45, 7) is 4.38. The number of rotatable bonds is 6. The number of fused-ring (bicyclic) bond motifs is 1. The van der Waals surface area contributed by atoms with Crippen LogP contribution in [0.4, 0.5) is 5.82 Å². The Morgan fingerprint density at radius 1 is 1.12 bits per heavy atom. The minimum atomic E-state index is 0.309. The van der Waals surface area contributed by atoms with Gasteiger partial charge in [-0.2, -0.15) is 0 Å². The number of nitrogens with zero attached hydrogens (tertiary/aromatic N) is 4. The Labute approximate surface area is 198 Å². The number of ether oxygens (including phenoxy) is 2. The highest BCUT2D eigenvalue weighted by Gasteiger charge is 2.19. The molecule has 1 aliphatic heterocycles. The molecule has 0 radical (unpaired) electrons. The van der Waals surface area contributed by atoms with E-state index in [4.69, 9.17) is 15.2 Å². The van der Waals surface area contributed by atoms with Gasteiger partial charge in [-0.3, -0.25) is 9.69 Å². The number of methoxy groups -OCH3 is 2. The number of likely N-dealkylation sites (N-methyl/N-ethyl adjacent to an activating group) is 1. The molecule has 1 saturated heterocycles. The zero-order valence-electron chi connectivity index (χ0n) is 19.6.